The molecule has 106 valence electrons. The standard InChI is InChI=1S/C22H18/c1-17-16-22(18-10-4-2-5-11-18,19-12-6-3-7-13-19)21-15-9-8-14-20(17)21/h2-16H,1H3. The molecular formula is C22H18. The van der Waals surface area contributed by atoms with Crippen molar-refractivity contribution in [2.75, 3.05) is 0 Å². The molecule has 1 aliphatic rings. The maximum Gasteiger partial charge on any atom is 0.0643 e. The Balaban J connectivity index is 2.09. The van der Waals surface area contributed by atoms with Crippen LogP contribution in [0.2, 0.25) is 0 Å². The maximum atomic E-state index is 2.42. The molecule has 0 aliphatic heterocycles. The van der Waals surface area contributed by atoms with Gasteiger partial charge in [-0.2, -0.15) is 0 Å². The molecule has 3 aromatic rings. The van der Waals surface area contributed by atoms with Crippen LogP contribution in [0.25, 0.3) is 5.57 Å². The minimum atomic E-state index is -0.177. The van der Waals surface area contributed by atoms with Crippen LogP contribution in [-0.4, -0.2) is 0 Å². The Kier molecular flexibility index (Phi) is 2.97. The van der Waals surface area contributed by atoms with Crippen molar-refractivity contribution >= 4 is 5.57 Å². The van der Waals surface area contributed by atoms with Crippen LogP contribution >= 0.6 is 0 Å². The van der Waals surface area contributed by atoms with E-state index < -0.39 is 0 Å². The van der Waals surface area contributed by atoms with Crippen LogP contribution in [0.3, 0.4) is 0 Å². The summed E-state index contributed by atoms with van der Waals surface area (Å²) in [5.74, 6) is 0. The second kappa shape index (κ2) is 4.99. The molecule has 0 N–H and O–H groups in total. The van der Waals surface area contributed by atoms with E-state index in [4.69, 9.17) is 0 Å². The van der Waals surface area contributed by atoms with Crippen molar-refractivity contribution in [1.29, 1.82) is 0 Å². The van der Waals surface area contributed by atoms with Crippen molar-refractivity contribution in [3.8, 4) is 0 Å². The fourth-order valence-corrected chi connectivity index (χ4v) is 3.70. The van der Waals surface area contributed by atoms with Gasteiger partial charge >= 0.3 is 0 Å². The van der Waals surface area contributed by atoms with Crippen molar-refractivity contribution in [1.82, 2.24) is 0 Å². The number of allylic oxidation sites excluding steroid dienone is 2. The Labute approximate surface area is 131 Å². The second-order valence-electron chi connectivity index (χ2n) is 5.91. The van der Waals surface area contributed by atoms with E-state index >= 15 is 0 Å². The molecular weight excluding hydrogens is 264 g/mol. The van der Waals surface area contributed by atoms with Gasteiger partial charge in [0.05, 0.1) is 5.41 Å². The van der Waals surface area contributed by atoms with E-state index in [0.29, 0.717) is 0 Å². The third kappa shape index (κ3) is 1.77. The average Bonchev–Trinajstić information content (AvgIpc) is 2.91. The Morgan fingerprint density at radius 1 is 0.591 bits per heavy atom. The van der Waals surface area contributed by atoms with Crippen molar-refractivity contribution < 1.29 is 0 Å². The summed E-state index contributed by atoms with van der Waals surface area (Å²) in [4.78, 5) is 0. The minimum absolute atomic E-state index is 0.177. The summed E-state index contributed by atoms with van der Waals surface area (Å²) in [5, 5.41) is 0. The number of benzene rings is 3. The number of hydrogen-bond acceptors (Lipinski definition) is 0. The highest BCUT2D eigenvalue weighted by Crippen LogP contribution is 2.49. The highest BCUT2D eigenvalue weighted by atomic mass is 14.4. The van der Waals surface area contributed by atoms with Crippen molar-refractivity contribution in [2.45, 2.75) is 12.3 Å². The van der Waals surface area contributed by atoms with E-state index in [1.165, 1.54) is 27.8 Å². The van der Waals surface area contributed by atoms with E-state index in [1.54, 1.807) is 0 Å². The Bertz CT molecular complexity index is 787. The van der Waals surface area contributed by atoms with Gasteiger partial charge in [0.15, 0.2) is 0 Å². The van der Waals surface area contributed by atoms with E-state index in [1.807, 2.05) is 0 Å². The van der Waals surface area contributed by atoms with Gasteiger partial charge in [-0.05, 0) is 34.8 Å². The predicted molar refractivity (Wildman–Crippen MR) is 92.9 cm³/mol. The van der Waals surface area contributed by atoms with Crippen LogP contribution in [0.1, 0.15) is 29.2 Å². The molecule has 0 unspecified atom stereocenters. The summed E-state index contributed by atoms with van der Waals surface area (Å²) in [6, 6.07) is 30.4. The summed E-state index contributed by atoms with van der Waals surface area (Å²) >= 11 is 0. The molecule has 0 bridgehead atoms. The summed E-state index contributed by atoms with van der Waals surface area (Å²) in [5.41, 5.74) is 6.56. The molecule has 0 amide bonds. The SMILES string of the molecule is CC1=CC(c2ccccc2)(c2ccccc2)c2ccccc21. The summed E-state index contributed by atoms with van der Waals surface area (Å²) in [6.45, 7) is 2.21. The van der Waals surface area contributed by atoms with Gasteiger partial charge in [0, 0.05) is 0 Å². The summed E-state index contributed by atoms with van der Waals surface area (Å²) in [6.07, 6.45) is 2.42. The molecule has 0 radical (unpaired) electrons. The lowest BCUT2D eigenvalue weighted by Crippen LogP contribution is -2.25. The van der Waals surface area contributed by atoms with Gasteiger partial charge in [0.1, 0.15) is 0 Å². The Morgan fingerprint density at radius 2 is 1.09 bits per heavy atom. The first-order chi connectivity index (χ1) is 10.8. The van der Waals surface area contributed by atoms with Gasteiger partial charge in [-0.15, -0.1) is 0 Å². The van der Waals surface area contributed by atoms with Crippen LogP contribution in [0, 0.1) is 0 Å². The molecule has 4 rings (SSSR count). The van der Waals surface area contributed by atoms with E-state index in [2.05, 4.69) is 97.9 Å². The summed E-state index contributed by atoms with van der Waals surface area (Å²) < 4.78 is 0. The van der Waals surface area contributed by atoms with Crippen molar-refractivity contribution in [3.05, 3.63) is 113 Å². The molecule has 0 saturated carbocycles. The van der Waals surface area contributed by atoms with Crippen LogP contribution in [0.4, 0.5) is 0 Å². The molecule has 1 aliphatic carbocycles. The third-order valence-electron chi connectivity index (χ3n) is 4.67. The second-order valence-corrected chi connectivity index (χ2v) is 5.91. The first-order valence-electron chi connectivity index (χ1n) is 7.73. The summed E-state index contributed by atoms with van der Waals surface area (Å²) in [7, 11) is 0. The first kappa shape index (κ1) is 13.1. The molecule has 0 nitrogen and oxygen atoms in total. The van der Waals surface area contributed by atoms with Crippen LogP contribution in [-0.2, 0) is 5.41 Å². The zero-order chi connectivity index (χ0) is 15.0. The monoisotopic (exact) mass is 282 g/mol. The smallest absolute Gasteiger partial charge is 0.0622 e. The largest absolute Gasteiger partial charge is 0.0643 e. The Hall–Kier alpha value is -2.60. The zero-order valence-electron chi connectivity index (χ0n) is 12.7. The average molecular weight is 282 g/mol. The molecule has 0 atom stereocenters. The van der Waals surface area contributed by atoms with Gasteiger partial charge in [-0.3, -0.25) is 0 Å². The van der Waals surface area contributed by atoms with Gasteiger partial charge in [-0.1, -0.05) is 91.0 Å². The van der Waals surface area contributed by atoms with Crippen LogP contribution in [0.5, 0.6) is 0 Å². The van der Waals surface area contributed by atoms with E-state index in [-0.39, 0.29) is 5.41 Å². The molecule has 0 fully saturated rings. The molecule has 0 spiro atoms. The molecule has 0 heterocycles. The number of rotatable bonds is 2. The van der Waals surface area contributed by atoms with Gasteiger partial charge in [0.2, 0.25) is 0 Å². The van der Waals surface area contributed by atoms with E-state index in [9.17, 15) is 0 Å². The number of hydrogen-bond donors (Lipinski definition) is 0. The predicted octanol–water partition coefficient (Wildman–Crippen LogP) is 5.44. The Morgan fingerprint density at radius 3 is 1.68 bits per heavy atom. The van der Waals surface area contributed by atoms with Crippen LogP contribution in [0.15, 0.2) is 91.0 Å². The normalized spacial score (nSPS) is 15.2. The molecule has 3 aromatic carbocycles. The zero-order valence-corrected chi connectivity index (χ0v) is 12.7. The maximum absolute atomic E-state index is 2.42. The lowest BCUT2D eigenvalue weighted by molar-refractivity contribution is 0.794. The van der Waals surface area contributed by atoms with Crippen molar-refractivity contribution in [2.24, 2.45) is 0 Å². The lowest BCUT2D eigenvalue weighted by Gasteiger charge is -2.30. The molecule has 0 saturated heterocycles. The number of fused-ring (bicyclic) bond motifs is 1. The highest BCUT2D eigenvalue weighted by Gasteiger charge is 2.39. The third-order valence-corrected chi connectivity index (χ3v) is 4.67. The van der Waals surface area contributed by atoms with Gasteiger partial charge < -0.3 is 0 Å². The topological polar surface area (TPSA) is 0 Å². The fourth-order valence-electron chi connectivity index (χ4n) is 3.70. The lowest BCUT2D eigenvalue weighted by atomic mass is 9.71. The fraction of sp³-hybridized carbons (Fsp3) is 0.0909. The van der Waals surface area contributed by atoms with Gasteiger partial charge in [0.25, 0.3) is 0 Å². The minimum Gasteiger partial charge on any atom is -0.0622 e. The highest BCUT2D eigenvalue weighted by molar-refractivity contribution is 5.80. The van der Waals surface area contributed by atoms with Crippen LogP contribution < -0.4 is 0 Å². The molecule has 22 heavy (non-hydrogen) atoms. The molecule has 0 aromatic heterocycles. The van der Waals surface area contributed by atoms with E-state index in [0.717, 1.165) is 0 Å². The van der Waals surface area contributed by atoms with Gasteiger partial charge in [-0.25, -0.2) is 0 Å². The van der Waals surface area contributed by atoms with Crippen molar-refractivity contribution in [3.63, 3.8) is 0 Å². The molecule has 0 heteroatoms. The first-order valence-corrected chi connectivity index (χ1v) is 7.73. The quantitative estimate of drug-likeness (QED) is 0.587.